The Bertz CT molecular complexity index is 1440. The monoisotopic (exact) mass is 468 g/mol. The number of nitrogens with zero attached hydrogens (tertiary/aromatic N) is 2. The Morgan fingerprint density at radius 3 is 2.69 bits per heavy atom. The lowest BCUT2D eigenvalue weighted by Crippen LogP contribution is -2.25. The number of rotatable bonds is 7. The van der Waals surface area contributed by atoms with Crippen LogP contribution in [0.3, 0.4) is 0 Å². The van der Waals surface area contributed by atoms with Crippen molar-refractivity contribution in [1.29, 1.82) is 0 Å². The third kappa shape index (κ3) is 4.41. The molecule has 8 nitrogen and oxygen atoms in total. The molecule has 2 aromatic heterocycles. The second-order valence-electron chi connectivity index (χ2n) is 6.94. The Balaban J connectivity index is 1.59. The summed E-state index contributed by atoms with van der Waals surface area (Å²) in [7, 11) is -3.98. The number of nitrogens with one attached hydrogen (secondary N) is 2. The van der Waals surface area contributed by atoms with Crippen LogP contribution in [0.1, 0.15) is 22.8 Å². The fraction of sp³-hybridized carbons (Fsp3) is 0.136. The van der Waals surface area contributed by atoms with Crippen molar-refractivity contribution in [3.63, 3.8) is 0 Å². The standard InChI is InChI=1S/C22H20N4O4S2/c1-2-26-19-10-9-16(12-20(19)31-22(26)28)32(29,30)25-18-8-4-3-7-17(18)21(27)24-14-15-6-5-11-23-13-15/h3-13,25H,2,14H2,1H3,(H,24,27). The molecule has 2 N–H and O–H groups in total. The summed E-state index contributed by atoms with van der Waals surface area (Å²) in [5.41, 5.74) is 1.88. The van der Waals surface area contributed by atoms with Crippen molar-refractivity contribution in [1.82, 2.24) is 14.9 Å². The zero-order chi connectivity index (χ0) is 22.7. The summed E-state index contributed by atoms with van der Waals surface area (Å²) >= 11 is 0.998. The molecule has 0 unspecified atom stereocenters. The first-order chi connectivity index (χ1) is 15.4. The molecule has 2 heterocycles. The Morgan fingerprint density at radius 1 is 1.12 bits per heavy atom. The number of pyridine rings is 1. The quantitative estimate of drug-likeness (QED) is 0.433. The highest BCUT2D eigenvalue weighted by atomic mass is 32.2. The van der Waals surface area contributed by atoms with Crippen LogP contribution in [0.25, 0.3) is 10.2 Å². The second kappa shape index (κ2) is 8.93. The van der Waals surface area contributed by atoms with E-state index in [2.05, 4.69) is 15.0 Å². The maximum absolute atomic E-state index is 13.0. The molecule has 0 spiro atoms. The summed E-state index contributed by atoms with van der Waals surface area (Å²) in [6.07, 6.45) is 3.29. The minimum atomic E-state index is -3.98. The molecule has 0 aliphatic carbocycles. The van der Waals surface area contributed by atoms with Crippen molar-refractivity contribution >= 4 is 43.2 Å². The first-order valence-electron chi connectivity index (χ1n) is 9.81. The lowest BCUT2D eigenvalue weighted by atomic mass is 10.1. The van der Waals surface area contributed by atoms with Crippen molar-refractivity contribution in [3.05, 3.63) is 87.8 Å². The highest BCUT2D eigenvalue weighted by Gasteiger charge is 2.20. The van der Waals surface area contributed by atoms with Gasteiger partial charge in [0, 0.05) is 25.5 Å². The number of fused-ring (bicyclic) bond motifs is 1. The Hall–Kier alpha value is -3.50. The van der Waals surface area contributed by atoms with E-state index in [0.29, 0.717) is 16.8 Å². The number of amides is 1. The van der Waals surface area contributed by atoms with Gasteiger partial charge in [-0.15, -0.1) is 0 Å². The molecule has 0 atom stereocenters. The first kappa shape index (κ1) is 21.7. The number of hydrogen-bond acceptors (Lipinski definition) is 6. The van der Waals surface area contributed by atoms with Crippen LogP contribution in [0.15, 0.2) is 76.7 Å². The molecule has 0 bridgehead atoms. The second-order valence-corrected chi connectivity index (χ2v) is 9.61. The highest BCUT2D eigenvalue weighted by Crippen LogP contribution is 2.25. The number of benzene rings is 2. The van der Waals surface area contributed by atoms with Gasteiger partial charge in [0.2, 0.25) is 0 Å². The van der Waals surface area contributed by atoms with Crippen LogP contribution in [0, 0.1) is 0 Å². The third-order valence-electron chi connectivity index (χ3n) is 4.86. The number of hydrogen-bond donors (Lipinski definition) is 2. The van der Waals surface area contributed by atoms with Crippen LogP contribution in [0.4, 0.5) is 5.69 Å². The fourth-order valence-corrected chi connectivity index (χ4v) is 5.44. The molecule has 0 fully saturated rings. The van der Waals surface area contributed by atoms with Crippen LogP contribution in [0.5, 0.6) is 0 Å². The van der Waals surface area contributed by atoms with Gasteiger partial charge in [-0.3, -0.25) is 23.9 Å². The Morgan fingerprint density at radius 2 is 1.94 bits per heavy atom. The summed E-state index contributed by atoms with van der Waals surface area (Å²) in [5.74, 6) is -0.416. The van der Waals surface area contributed by atoms with Crippen LogP contribution in [0.2, 0.25) is 0 Å². The molecule has 0 radical (unpaired) electrons. The van der Waals surface area contributed by atoms with Gasteiger partial charge in [0.25, 0.3) is 15.9 Å². The maximum Gasteiger partial charge on any atom is 0.308 e. The van der Waals surface area contributed by atoms with Gasteiger partial charge in [0.15, 0.2) is 0 Å². The van der Waals surface area contributed by atoms with Crippen LogP contribution in [-0.4, -0.2) is 23.9 Å². The third-order valence-corrected chi connectivity index (χ3v) is 7.16. The zero-order valence-electron chi connectivity index (χ0n) is 17.1. The van der Waals surface area contributed by atoms with E-state index in [1.54, 1.807) is 47.3 Å². The number of aryl methyl sites for hydroxylation is 1. The van der Waals surface area contributed by atoms with E-state index in [0.717, 1.165) is 16.9 Å². The minimum Gasteiger partial charge on any atom is -0.348 e. The number of carbonyl (C=O) groups is 1. The predicted molar refractivity (Wildman–Crippen MR) is 124 cm³/mol. The molecular weight excluding hydrogens is 448 g/mol. The summed E-state index contributed by atoms with van der Waals surface area (Å²) < 4.78 is 30.7. The van der Waals surface area contributed by atoms with Gasteiger partial charge in [-0.1, -0.05) is 29.5 Å². The SMILES string of the molecule is CCn1c(=O)sc2cc(S(=O)(=O)Nc3ccccc3C(=O)NCc3cccnc3)ccc21. The predicted octanol–water partition coefficient (Wildman–Crippen LogP) is 3.21. The average molecular weight is 469 g/mol. The van der Waals surface area contributed by atoms with E-state index in [1.165, 1.54) is 18.2 Å². The summed E-state index contributed by atoms with van der Waals surface area (Å²) in [4.78, 5) is 28.7. The molecule has 0 saturated heterocycles. The molecule has 0 saturated carbocycles. The van der Waals surface area contributed by atoms with Gasteiger partial charge in [0.1, 0.15) is 0 Å². The zero-order valence-corrected chi connectivity index (χ0v) is 18.7. The summed E-state index contributed by atoms with van der Waals surface area (Å²) in [5, 5.41) is 2.77. The molecule has 2 aromatic carbocycles. The Kier molecular flexibility index (Phi) is 6.06. The van der Waals surface area contributed by atoms with Gasteiger partial charge < -0.3 is 5.32 Å². The normalized spacial score (nSPS) is 11.4. The number of carbonyl (C=O) groups excluding carboxylic acids is 1. The molecule has 4 rings (SSSR count). The minimum absolute atomic E-state index is 0.0140. The van der Waals surface area contributed by atoms with Crippen molar-refractivity contribution < 1.29 is 13.2 Å². The number of sulfonamides is 1. The summed E-state index contributed by atoms with van der Waals surface area (Å²) in [6.45, 7) is 2.62. The van der Waals surface area contributed by atoms with Crippen LogP contribution < -0.4 is 14.9 Å². The van der Waals surface area contributed by atoms with E-state index >= 15 is 0 Å². The number of aromatic nitrogens is 2. The molecule has 1 amide bonds. The average Bonchev–Trinajstić information content (AvgIpc) is 3.12. The molecule has 0 aliphatic heterocycles. The molecule has 0 aliphatic rings. The lowest BCUT2D eigenvalue weighted by molar-refractivity contribution is 0.0952. The maximum atomic E-state index is 13.0. The van der Waals surface area contributed by atoms with Gasteiger partial charge >= 0.3 is 4.87 Å². The van der Waals surface area contributed by atoms with Crippen molar-refractivity contribution in [2.45, 2.75) is 24.9 Å². The first-order valence-corrected chi connectivity index (χ1v) is 12.1. The largest absolute Gasteiger partial charge is 0.348 e. The number of anilines is 1. The number of thiazole rings is 1. The molecule has 4 aromatic rings. The van der Waals surface area contributed by atoms with Crippen LogP contribution in [-0.2, 0) is 23.1 Å². The van der Waals surface area contributed by atoms with E-state index in [-0.39, 0.29) is 27.6 Å². The van der Waals surface area contributed by atoms with Crippen molar-refractivity contribution in [3.8, 4) is 0 Å². The van der Waals surface area contributed by atoms with Gasteiger partial charge in [-0.25, -0.2) is 8.42 Å². The molecular formula is C22H20N4O4S2. The van der Waals surface area contributed by atoms with Gasteiger partial charge in [0.05, 0.1) is 26.4 Å². The van der Waals surface area contributed by atoms with E-state index in [4.69, 9.17) is 0 Å². The highest BCUT2D eigenvalue weighted by molar-refractivity contribution is 7.92. The fourth-order valence-electron chi connectivity index (χ4n) is 3.27. The molecule has 164 valence electrons. The van der Waals surface area contributed by atoms with Gasteiger partial charge in [-0.05, 0) is 48.9 Å². The van der Waals surface area contributed by atoms with Crippen LogP contribution >= 0.6 is 11.3 Å². The van der Waals surface area contributed by atoms with E-state index < -0.39 is 15.9 Å². The summed E-state index contributed by atoms with van der Waals surface area (Å²) in [6, 6.07) is 14.5. The van der Waals surface area contributed by atoms with E-state index in [9.17, 15) is 18.0 Å². The van der Waals surface area contributed by atoms with Crippen molar-refractivity contribution in [2.24, 2.45) is 0 Å². The Labute approximate surface area is 188 Å². The smallest absolute Gasteiger partial charge is 0.308 e. The lowest BCUT2D eigenvalue weighted by Gasteiger charge is -2.13. The molecule has 32 heavy (non-hydrogen) atoms. The van der Waals surface area contributed by atoms with Crippen molar-refractivity contribution in [2.75, 3.05) is 4.72 Å². The van der Waals surface area contributed by atoms with Gasteiger partial charge in [-0.2, -0.15) is 0 Å². The molecule has 10 heteroatoms. The number of para-hydroxylation sites is 1. The van der Waals surface area contributed by atoms with E-state index in [1.807, 2.05) is 13.0 Å². The topological polar surface area (TPSA) is 110 Å².